The molecule has 0 bridgehead atoms. The molecule has 2 aromatic rings. The van der Waals surface area contributed by atoms with Crippen LogP contribution >= 0.6 is 0 Å². The molecule has 3 amide bonds. The molecule has 3 N–H and O–H groups in total. The monoisotopic (exact) mass is 355 g/mol. The molecule has 1 aliphatic heterocycles. The van der Waals surface area contributed by atoms with E-state index in [4.69, 9.17) is 9.47 Å². The zero-order valence-corrected chi connectivity index (χ0v) is 14.7. The highest BCUT2D eigenvalue weighted by molar-refractivity contribution is 5.88. The number of hydrogen-bond donors (Lipinski definition) is 3. The lowest BCUT2D eigenvalue weighted by atomic mass is 10.1. The number of carbonyl (C=O) groups is 2. The quantitative estimate of drug-likeness (QED) is 0.769. The van der Waals surface area contributed by atoms with Gasteiger partial charge in [0, 0.05) is 24.7 Å². The van der Waals surface area contributed by atoms with E-state index >= 15 is 0 Å². The summed E-state index contributed by atoms with van der Waals surface area (Å²) >= 11 is 0. The normalized spacial score (nSPS) is 13.0. The average Bonchev–Trinajstić information content (AvgIpc) is 3.09. The third kappa shape index (κ3) is 4.24. The van der Waals surface area contributed by atoms with Crippen LogP contribution in [0.4, 0.5) is 10.5 Å². The average molecular weight is 355 g/mol. The third-order valence-electron chi connectivity index (χ3n) is 3.97. The van der Waals surface area contributed by atoms with E-state index in [1.165, 1.54) is 6.92 Å². The first-order valence-corrected chi connectivity index (χ1v) is 8.32. The van der Waals surface area contributed by atoms with Crippen LogP contribution in [0.15, 0.2) is 42.5 Å². The molecule has 1 atom stereocenters. The maximum Gasteiger partial charge on any atom is 0.315 e. The highest BCUT2D eigenvalue weighted by Gasteiger charge is 2.17. The fourth-order valence-corrected chi connectivity index (χ4v) is 2.73. The molecule has 1 heterocycles. The van der Waals surface area contributed by atoms with Gasteiger partial charge in [-0.15, -0.1) is 0 Å². The van der Waals surface area contributed by atoms with Gasteiger partial charge in [-0.2, -0.15) is 0 Å². The van der Waals surface area contributed by atoms with Gasteiger partial charge in [-0.05, 0) is 30.7 Å². The molecule has 2 aromatic carbocycles. The standard InChI is InChI=1S/C19H21N3O4/c1-12(14-5-3-7-16(9-14)22-13(2)23)21-19(24)20-10-15-6-4-8-17-18(15)26-11-25-17/h3-9,12H,10-11H2,1-2H3,(H,22,23)(H2,20,21,24). The predicted octanol–water partition coefficient (Wildman–Crippen LogP) is 2.93. The molecule has 0 aliphatic carbocycles. The number of urea groups is 1. The van der Waals surface area contributed by atoms with Crippen molar-refractivity contribution in [2.45, 2.75) is 26.4 Å². The summed E-state index contributed by atoms with van der Waals surface area (Å²) in [4.78, 5) is 23.4. The molecule has 0 radical (unpaired) electrons. The fourth-order valence-electron chi connectivity index (χ4n) is 2.73. The number of rotatable bonds is 5. The molecule has 0 fully saturated rings. The Bertz CT molecular complexity index is 822. The Balaban J connectivity index is 1.56. The minimum atomic E-state index is -0.293. The van der Waals surface area contributed by atoms with Crippen molar-refractivity contribution in [2.75, 3.05) is 12.1 Å². The number of fused-ring (bicyclic) bond motifs is 1. The third-order valence-corrected chi connectivity index (χ3v) is 3.97. The van der Waals surface area contributed by atoms with Gasteiger partial charge in [0.05, 0.1) is 6.04 Å². The van der Waals surface area contributed by atoms with Gasteiger partial charge in [-0.3, -0.25) is 4.79 Å². The summed E-state index contributed by atoms with van der Waals surface area (Å²) in [5, 5.41) is 8.43. The predicted molar refractivity (Wildman–Crippen MR) is 97.1 cm³/mol. The first-order chi connectivity index (χ1) is 12.5. The van der Waals surface area contributed by atoms with Crippen molar-refractivity contribution in [3.05, 3.63) is 53.6 Å². The molecule has 7 heteroatoms. The molecular formula is C19H21N3O4. The van der Waals surface area contributed by atoms with Crippen LogP contribution in [0.3, 0.4) is 0 Å². The molecule has 0 aromatic heterocycles. The molecular weight excluding hydrogens is 334 g/mol. The number of ether oxygens (including phenoxy) is 2. The Labute approximate surface area is 151 Å². The smallest absolute Gasteiger partial charge is 0.315 e. The van der Waals surface area contributed by atoms with Crippen LogP contribution in [0.25, 0.3) is 0 Å². The van der Waals surface area contributed by atoms with Gasteiger partial charge in [-0.1, -0.05) is 24.3 Å². The van der Waals surface area contributed by atoms with Crippen molar-refractivity contribution in [3.8, 4) is 11.5 Å². The summed E-state index contributed by atoms with van der Waals surface area (Å²) in [5.41, 5.74) is 2.44. The number of benzene rings is 2. The second kappa shape index (κ2) is 7.77. The largest absolute Gasteiger partial charge is 0.454 e. The Kier molecular flexibility index (Phi) is 5.26. The first-order valence-electron chi connectivity index (χ1n) is 8.32. The summed E-state index contributed by atoms with van der Waals surface area (Å²) < 4.78 is 10.8. The van der Waals surface area contributed by atoms with E-state index in [2.05, 4.69) is 16.0 Å². The summed E-state index contributed by atoms with van der Waals surface area (Å²) in [6, 6.07) is 12.4. The van der Waals surface area contributed by atoms with Gasteiger partial charge >= 0.3 is 6.03 Å². The van der Waals surface area contributed by atoms with Gasteiger partial charge in [0.1, 0.15) is 0 Å². The summed E-state index contributed by atoms with van der Waals surface area (Å²) in [5.74, 6) is 1.22. The lowest BCUT2D eigenvalue weighted by Crippen LogP contribution is -2.36. The van der Waals surface area contributed by atoms with Crippen molar-refractivity contribution < 1.29 is 19.1 Å². The van der Waals surface area contributed by atoms with Crippen molar-refractivity contribution in [3.63, 3.8) is 0 Å². The minimum absolute atomic E-state index is 0.137. The van der Waals surface area contributed by atoms with E-state index in [-0.39, 0.29) is 24.8 Å². The first kappa shape index (κ1) is 17.6. The number of carbonyl (C=O) groups excluding carboxylic acids is 2. The molecule has 3 rings (SSSR count). The number of para-hydroxylation sites is 1. The van der Waals surface area contributed by atoms with E-state index in [0.29, 0.717) is 23.7 Å². The summed E-state index contributed by atoms with van der Waals surface area (Å²) in [6.45, 7) is 3.86. The molecule has 1 unspecified atom stereocenters. The Morgan fingerprint density at radius 3 is 2.77 bits per heavy atom. The Morgan fingerprint density at radius 2 is 1.96 bits per heavy atom. The SMILES string of the molecule is CC(=O)Nc1cccc(C(C)NC(=O)NCc2cccc3c2OCO3)c1. The maximum atomic E-state index is 12.2. The van der Waals surface area contributed by atoms with Crippen LogP contribution < -0.4 is 25.4 Å². The maximum absolute atomic E-state index is 12.2. The van der Waals surface area contributed by atoms with Crippen molar-refractivity contribution in [1.29, 1.82) is 0 Å². The lowest BCUT2D eigenvalue weighted by molar-refractivity contribution is -0.114. The molecule has 0 saturated heterocycles. The van der Waals surface area contributed by atoms with E-state index in [9.17, 15) is 9.59 Å². The van der Waals surface area contributed by atoms with Gasteiger partial charge in [0.15, 0.2) is 11.5 Å². The van der Waals surface area contributed by atoms with Gasteiger partial charge in [-0.25, -0.2) is 4.79 Å². The Hall–Kier alpha value is -3.22. The van der Waals surface area contributed by atoms with Gasteiger partial charge < -0.3 is 25.4 Å². The van der Waals surface area contributed by atoms with E-state index in [0.717, 1.165) is 11.1 Å². The van der Waals surface area contributed by atoms with Crippen molar-refractivity contribution >= 4 is 17.6 Å². The number of nitrogens with one attached hydrogen (secondary N) is 3. The zero-order chi connectivity index (χ0) is 18.5. The topological polar surface area (TPSA) is 88.7 Å². The number of amides is 3. The summed E-state index contributed by atoms with van der Waals surface area (Å²) in [7, 11) is 0. The van der Waals surface area contributed by atoms with Crippen molar-refractivity contribution in [1.82, 2.24) is 10.6 Å². The molecule has 26 heavy (non-hydrogen) atoms. The van der Waals surface area contributed by atoms with Crippen LogP contribution in [-0.2, 0) is 11.3 Å². The van der Waals surface area contributed by atoms with Crippen LogP contribution in [0, 0.1) is 0 Å². The molecule has 0 spiro atoms. The number of hydrogen-bond acceptors (Lipinski definition) is 4. The fraction of sp³-hybridized carbons (Fsp3) is 0.263. The minimum Gasteiger partial charge on any atom is -0.454 e. The van der Waals surface area contributed by atoms with E-state index in [1.807, 2.05) is 43.3 Å². The van der Waals surface area contributed by atoms with Crippen LogP contribution in [0.1, 0.15) is 31.0 Å². The van der Waals surface area contributed by atoms with E-state index in [1.54, 1.807) is 6.07 Å². The van der Waals surface area contributed by atoms with Crippen LogP contribution in [0.5, 0.6) is 11.5 Å². The molecule has 7 nitrogen and oxygen atoms in total. The lowest BCUT2D eigenvalue weighted by Gasteiger charge is -2.16. The number of anilines is 1. The highest BCUT2D eigenvalue weighted by atomic mass is 16.7. The second-order valence-electron chi connectivity index (χ2n) is 6.01. The van der Waals surface area contributed by atoms with Gasteiger partial charge in [0.25, 0.3) is 0 Å². The van der Waals surface area contributed by atoms with Crippen LogP contribution in [0.2, 0.25) is 0 Å². The zero-order valence-electron chi connectivity index (χ0n) is 14.7. The van der Waals surface area contributed by atoms with Crippen LogP contribution in [-0.4, -0.2) is 18.7 Å². The van der Waals surface area contributed by atoms with Gasteiger partial charge in [0.2, 0.25) is 12.7 Å². The highest BCUT2D eigenvalue weighted by Crippen LogP contribution is 2.35. The Morgan fingerprint density at radius 1 is 1.15 bits per heavy atom. The second-order valence-corrected chi connectivity index (χ2v) is 6.01. The molecule has 1 aliphatic rings. The van der Waals surface area contributed by atoms with E-state index < -0.39 is 0 Å². The molecule has 136 valence electrons. The molecule has 0 saturated carbocycles. The van der Waals surface area contributed by atoms with Crippen molar-refractivity contribution in [2.24, 2.45) is 0 Å². The summed E-state index contributed by atoms with van der Waals surface area (Å²) in [6.07, 6.45) is 0.